The minimum Gasteiger partial charge on any atom is -0.497 e. The zero-order valence-corrected chi connectivity index (χ0v) is 14.8. The van der Waals surface area contributed by atoms with Crippen molar-refractivity contribution in [3.05, 3.63) is 34.8 Å². The Morgan fingerprint density at radius 3 is 2.17 bits per heavy atom. The molecule has 0 amide bonds. The lowest BCUT2D eigenvalue weighted by molar-refractivity contribution is 0.195. The first-order valence-electron chi connectivity index (χ1n) is 6.98. The summed E-state index contributed by atoms with van der Waals surface area (Å²) >= 11 is 3.46. The fourth-order valence-electron chi connectivity index (χ4n) is 2.21. The largest absolute Gasteiger partial charge is 0.497 e. The molecule has 0 aliphatic carbocycles. The van der Waals surface area contributed by atoms with E-state index < -0.39 is 0 Å². The van der Waals surface area contributed by atoms with Crippen LogP contribution in [0.2, 0.25) is 0 Å². The highest BCUT2D eigenvalue weighted by atomic mass is 79.9. The molecule has 0 atom stereocenters. The van der Waals surface area contributed by atoms with Crippen molar-refractivity contribution in [3.8, 4) is 34.1 Å². The molecule has 0 aromatic heterocycles. The van der Waals surface area contributed by atoms with Crippen LogP contribution in [0.25, 0.3) is 11.1 Å². The summed E-state index contributed by atoms with van der Waals surface area (Å²) in [5, 5.41) is 9.03. The molecule has 0 spiro atoms. The Balaban J connectivity index is 2.60. The molecule has 23 heavy (non-hydrogen) atoms. The third kappa shape index (κ3) is 3.71. The van der Waals surface area contributed by atoms with E-state index in [0.29, 0.717) is 21.7 Å². The maximum atomic E-state index is 9.03. The first kappa shape index (κ1) is 17.4. The second kappa shape index (κ2) is 8.08. The molecule has 0 aliphatic rings. The van der Waals surface area contributed by atoms with Gasteiger partial charge in [0.25, 0.3) is 0 Å². The zero-order chi connectivity index (χ0) is 16.8. The van der Waals surface area contributed by atoms with E-state index in [2.05, 4.69) is 15.9 Å². The quantitative estimate of drug-likeness (QED) is 0.793. The maximum Gasteiger partial charge on any atom is 0.179 e. The number of methoxy groups -OCH3 is 3. The van der Waals surface area contributed by atoms with E-state index in [1.54, 1.807) is 21.3 Å². The van der Waals surface area contributed by atoms with E-state index in [4.69, 9.17) is 24.1 Å². The molecular formula is C17H19BrO5. The van der Waals surface area contributed by atoms with Crippen LogP contribution in [0.3, 0.4) is 0 Å². The minimum atomic E-state index is -0.0926. The van der Waals surface area contributed by atoms with Gasteiger partial charge in [0.15, 0.2) is 11.5 Å². The number of benzene rings is 2. The molecule has 0 saturated carbocycles. The summed E-state index contributed by atoms with van der Waals surface area (Å²) in [6.45, 7) is 0.0643. The molecule has 2 aromatic rings. The Morgan fingerprint density at radius 1 is 0.957 bits per heavy atom. The van der Waals surface area contributed by atoms with Gasteiger partial charge in [0.2, 0.25) is 0 Å². The molecule has 0 aliphatic heterocycles. The van der Waals surface area contributed by atoms with Crippen LogP contribution in [0.4, 0.5) is 0 Å². The van der Waals surface area contributed by atoms with Crippen LogP contribution in [0.1, 0.15) is 0 Å². The van der Waals surface area contributed by atoms with Crippen molar-refractivity contribution >= 4 is 15.9 Å². The van der Waals surface area contributed by atoms with Gasteiger partial charge >= 0.3 is 0 Å². The molecule has 6 heteroatoms. The third-order valence-corrected chi connectivity index (χ3v) is 4.06. The molecule has 5 nitrogen and oxygen atoms in total. The van der Waals surface area contributed by atoms with Crippen molar-refractivity contribution < 1.29 is 24.1 Å². The molecule has 0 fully saturated rings. The Morgan fingerprint density at radius 2 is 1.65 bits per heavy atom. The Bertz CT molecular complexity index is 655. The van der Waals surface area contributed by atoms with Crippen LogP contribution in [0, 0.1) is 0 Å². The van der Waals surface area contributed by atoms with Crippen LogP contribution < -0.4 is 18.9 Å². The molecule has 0 bridgehead atoms. The molecule has 0 saturated heterocycles. The molecule has 0 radical (unpaired) electrons. The standard InChI is InChI=1S/C17H19BrO5/c1-20-12-6-4-11(5-7-12)13-10-14(21-2)15(18)17(16(13)22-3)23-9-8-19/h4-7,10,19H,8-9H2,1-3H3. The predicted octanol–water partition coefficient (Wildman–Crippen LogP) is 3.51. The van der Waals surface area contributed by atoms with Gasteiger partial charge in [-0.05, 0) is 39.7 Å². The summed E-state index contributed by atoms with van der Waals surface area (Å²) in [5.41, 5.74) is 1.76. The first-order valence-corrected chi connectivity index (χ1v) is 7.78. The van der Waals surface area contributed by atoms with Gasteiger partial charge in [-0.1, -0.05) is 12.1 Å². The summed E-state index contributed by atoms with van der Waals surface area (Å²) in [5.74, 6) is 2.45. The Kier molecular flexibility index (Phi) is 6.12. The maximum absolute atomic E-state index is 9.03. The Hall–Kier alpha value is -1.92. The fraction of sp³-hybridized carbons (Fsp3) is 0.294. The molecule has 124 valence electrons. The van der Waals surface area contributed by atoms with Crippen molar-refractivity contribution in [2.45, 2.75) is 0 Å². The highest BCUT2D eigenvalue weighted by Gasteiger charge is 2.20. The zero-order valence-electron chi connectivity index (χ0n) is 13.3. The lowest BCUT2D eigenvalue weighted by atomic mass is 10.0. The number of rotatable bonds is 7. The van der Waals surface area contributed by atoms with Crippen molar-refractivity contribution in [2.75, 3.05) is 34.5 Å². The normalized spacial score (nSPS) is 10.3. The van der Waals surface area contributed by atoms with Crippen LogP contribution >= 0.6 is 15.9 Å². The van der Waals surface area contributed by atoms with Crippen molar-refractivity contribution in [1.82, 2.24) is 0 Å². The Labute approximate surface area is 143 Å². The van der Waals surface area contributed by atoms with Gasteiger partial charge in [-0.15, -0.1) is 0 Å². The highest BCUT2D eigenvalue weighted by molar-refractivity contribution is 9.10. The smallest absolute Gasteiger partial charge is 0.179 e. The SMILES string of the molecule is COc1ccc(-c2cc(OC)c(Br)c(OCCO)c2OC)cc1. The third-order valence-electron chi connectivity index (χ3n) is 3.30. The lowest BCUT2D eigenvalue weighted by Gasteiger charge is -2.18. The number of aliphatic hydroxyl groups excluding tert-OH is 1. The first-order chi connectivity index (χ1) is 11.2. The molecule has 2 rings (SSSR count). The number of hydrogen-bond donors (Lipinski definition) is 1. The van der Waals surface area contributed by atoms with Gasteiger partial charge in [-0.25, -0.2) is 0 Å². The summed E-state index contributed by atoms with van der Waals surface area (Å²) in [4.78, 5) is 0. The molecule has 2 aromatic carbocycles. The molecule has 0 heterocycles. The average Bonchev–Trinajstić information content (AvgIpc) is 2.60. The lowest BCUT2D eigenvalue weighted by Crippen LogP contribution is -2.05. The molecule has 1 N–H and O–H groups in total. The summed E-state index contributed by atoms with van der Waals surface area (Å²) in [7, 11) is 4.78. The van der Waals surface area contributed by atoms with E-state index >= 15 is 0 Å². The second-order valence-corrected chi connectivity index (χ2v) is 5.40. The van der Waals surface area contributed by atoms with Crippen LogP contribution in [-0.2, 0) is 0 Å². The summed E-state index contributed by atoms with van der Waals surface area (Å²) in [6.07, 6.45) is 0. The average molecular weight is 383 g/mol. The summed E-state index contributed by atoms with van der Waals surface area (Å²) in [6, 6.07) is 9.48. The van der Waals surface area contributed by atoms with E-state index in [-0.39, 0.29) is 13.2 Å². The van der Waals surface area contributed by atoms with Gasteiger partial charge in [-0.2, -0.15) is 0 Å². The molecular weight excluding hydrogens is 364 g/mol. The van der Waals surface area contributed by atoms with Gasteiger partial charge in [0.05, 0.1) is 27.9 Å². The van der Waals surface area contributed by atoms with Crippen molar-refractivity contribution in [3.63, 3.8) is 0 Å². The van der Waals surface area contributed by atoms with Crippen molar-refractivity contribution in [1.29, 1.82) is 0 Å². The van der Waals surface area contributed by atoms with Gasteiger partial charge in [0.1, 0.15) is 22.6 Å². The van der Waals surface area contributed by atoms with E-state index in [9.17, 15) is 0 Å². The fourth-order valence-corrected chi connectivity index (χ4v) is 2.78. The number of aliphatic hydroxyl groups is 1. The van der Waals surface area contributed by atoms with Crippen LogP contribution in [-0.4, -0.2) is 39.6 Å². The number of ether oxygens (including phenoxy) is 4. The van der Waals surface area contributed by atoms with E-state index in [1.807, 2.05) is 30.3 Å². The number of halogens is 1. The predicted molar refractivity (Wildman–Crippen MR) is 91.8 cm³/mol. The van der Waals surface area contributed by atoms with Gasteiger partial charge in [0, 0.05) is 5.56 Å². The molecule has 0 unspecified atom stereocenters. The number of hydrogen-bond acceptors (Lipinski definition) is 5. The second-order valence-electron chi connectivity index (χ2n) is 4.60. The van der Waals surface area contributed by atoms with Gasteiger partial charge < -0.3 is 24.1 Å². The van der Waals surface area contributed by atoms with Gasteiger partial charge in [-0.3, -0.25) is 0 Å². The monoisotopic (exact) mass is 382 g/mol. The van der Waals surface area contributed by atoms with Crippen LogP contribution in [0.15, 0.2) is 34.8 Å². The highest BCUT2D eigenvalue weighted by Crippen LogP contribution is 2.48. The topological polar surface area (TPSA) is 57.2 Å². The summed E-state index contributed by atoms with van der Waals surface area (Å²) < 4.78 is 22.4. The van der Waals surface area contributed by atoms with Crippen LogP contribution in [0.5, 0.6) is 23.0 Å². The van der Waals surface area contributed by atoms with E-state index in [0.717, 1.165) is 16.9 Å². The minimum absolute atomic E-state index is 0.0926. The van der Waals surface area contributed by atoms with Crippen molar-refractivity contribution in [2.24, 2.45) is 0 Å². The van der Waals surface area contributed by atoms with E-state index in [1.165, 1.54) is 0 Å².